The van der Waals surface area contributed by atoms with Gasteiger partial charge in [0.25, 0.3) is 0 Å². The van der Waals surface area contributed by atoms with Gasteiger partial charge in [0, 0.05) is 25.0 Å². The molecule has 0 spiro atoms. The fourth-order valence-electron chi connectivity index (χ4n) is 1.81. The van der Waals surface area contributed by atoms with Gasteiger partial charge in [0.05, 0.1) is 5.69 Å². The fraction of sp³-hybridized carbons (Fsp3) is 0.357. The molecule has 0 aliphatic rings. The molecule has 0 unspecified atom stereocenters. The van der Waals surface area contributed by atoms with Crippen molar-refractivity contribution in [3.63, 3.8) is 0 Å². The summed E-state index contributed by atoms with van der Waals surface area (Å²) in [7, 11) is 4.04. The van der Waals surface area contributed by atoms with E-state index in [0.717, 1.165) is 31.0 Å². The summed E-state index contributed by atoms with van der Waals surface area (Å²) in [5.74, 6) is 1.04. The number of rotatable bonds is 6. The van der Waals surface area contributed by atoms with Crippen molar-refractivity contribution in [2.75, 3.05) is 25.5 Å². The zero-order valence-electron chi connectivity index (χ0n) is 10.9. The van der Waals surface area contributed by atoms with Gasteiger partial charge in [-0.25, -0.2) is 4.98 Å². The molecule has 96 valence electrons. The maximum atomic E-state index is 4.63. The molecule has 0 radical (unpaired) electrons. The first-order chi connectivity index (χ1) is 8.79. The Morgan fingerprint density at radius 2 is 2.17 bits per heavy atom. The number of nitrogens with one attached hydrogen (secondary N) is 1. The third kappa shape index (κ3) is 3.55. The van der Waals surface area contributed by atoms with Crippen LogP contribution in [-0.2, 0) is 13.0 Å². The topological polar surface area (TPSA) is 28.2 Å². The number of hydrogen-bond donors (Lipinski definition) is 1. The van der Waals surface area contributed by atoms with Gasteiger partial charge in [-0.3, -0.25) is 0 Å². The third-order valence-electron chi connectivity index (χ3n) is 2.81. The van der Waals surface area contributed by atoms with Gasteiger partial charge in [-0.2, -0.15) is 0 Å². The van der Waals surface area contributed by atoms with Crippen LogP contribution in [0.5, 0.6) is 0 Å². The van der Waals surface area contributed by atoms with Gasteiger partial charge in [-0.1, -0.05) is 12.1 Å². The highest BCUT2D eigenvalue weighted by molar-refractivity contribution is 7.09. The highest BCUT2D eigenvalue weighted by atomic mass is 32.1. The van der Waals surface area contributed by atoms with Crippen molar-refractivity contribution in [3.05, 3.63) is 46.3 Å². The minimum atomic E-state index is 0.812. The summed E-state index contributed by atoms with van der Waals surface area (Å²) in [6.45, 7) is 1.81. The summed E-state index contributed by atoms with van der Waals surface area (Å²) >= 11 is 1.81. The Bertz CT molecular complexity index is 468. The van der Waals surface area contributed by atoms with E-state index in [4.69, 9.17) is 0 Å². The van der Waals surface area contributed by atoms with Crippen LogP contribution in [0, 0.1) is 0 Å². The van der Waals surface area contributed by atoms with E-state index in [0.29, 0.717) is 0 Å². The monoisotopic (exact) mass is 261 g/mol. The Kier molecular flexibility index (Phi) is 4.73. The lowest BCUT2D eigenvalue weighted by atomic mass is 10.3. The second-order valence-corrected chi connectivity index (χ2v) is 5.30. The van der Waals surface area contributed by atoms with E-state index in [1.807, 2.05) is 24.5 Å². The van der Waals surface area contributed by atoms with Crippen LogP contribution in [-0.4, -0.2) is 25.6 Å². The van der Waals surface area contributed by atoms with E-state index in [1.54, 1.807) is 0 Å². The van der Waals surface area contributed by atoms with Gasteiger partial charge < -0.3 is 10.2 Å². The number of nitrogens with zero attached hydrogens (tertiary/aromatic N) is 2. The zero-order chi connectivity index (χ0) is 12.8. The minimum absolute atomic E-state index is 0.812. The maximum Gasteiger partial charge on any atom is 0.128 e. The van der Waals surface area contributed by atoms with Gasteiger partial charge >= 0.3 is 0 Å². The summed E-state index contributed by atoms with van der Waals surface area (Å²) in [5.41, 5.74) is 1.08. The fourth-order valence-corrected chi connectivity index (χ4v) is 2.50. The van der Waals surface area contributed by atoms with E-state index in [-0.39, 0.29) is 0 Å². The number of thiophene rings is 1. The number of pyridine rings is 1. The van der Waals surface area contributed by atoms with Crippen LogP contribution in [0.1, 0.15) is 10.6 Å². The number of hydrogen-bond acceptors (Lipinski definition) is 4. The molecule has 2 aromatic heterocycles. The van der Waals surface area contributed by atoms with Crippen molar-refractivity contribution in [2.24, 2.45) is 0 Å². The molecule has 1 N–H and O–H groups in total. The second-order valence-electron chi connectivity index (χ2n) is 4.27. The van der Waals surface area contributed by atoms with Crippen molar-refractivity contribution in [1.82, 2.24) is 10.3 Å². The molecule has 2 rings (SSSR count). The molecular weight excluding hydrogens is 242 g/mol. The molecule has 0 aromatic carbocycles. The molecule has 0 bridgehead atoms. The molecule has 3 nitrogen and oxygen atoms in total. The molecule has 2 heterocycles. The molecule has 0 amide bonds. The van der Waals surface area contributed by atoms with E-state index < -0.39 is 0 Å². The molecule has 2 aromatic rings. The molecule has 18 heavy (non-hydrogen) atoms. The standard InChI is InChI=1S/C14H19N3S/c1-15-11-12-5-3-7-14(16-12)17(2)9-8-13-6-4-10-18-13/h3-7,10,15H,8-9,11H2,1-2H3. The van der Waals surface area contributed by atoms with Crippen LogP contribution >= 0.6 is 11.3 Å². The third-order valence-corrected chi connectivity index (χ3v) is 3.75. The predicted octanol–water partition coefficient (Wildman–Crippen LogP) is 2.54. The van der Waals surface area contributed by atoms with E-state index in [2.05, 4.69) is 51.9 Å². The molecule has 0 fully saturated rings. The van der Waals surface area contributed by atoms with E-state index in [9.17, 15) is 0 Å². The molecule has 0 aliphatic heterocycles. The van der Waals surface area contributed by atoms with Crippen LogP contribution in [0.4, 0.5) is 5.82 Å². The number of aromatic nitrogens is 1. The summed E-state index contributed by atoms with van der Waals surface area (Å²) in [6, 6.07) is 10.5. The Morgan fingerprint density at radius 3 is 2.89 bits per heavy atom. The van der Waals surface area contributed by atoms with Crippen molar-refractivity contribution < 1.29 is 0 Å². The average Bonchev–Trinajstić information content (AvgIpc) is 2.90. The lowest BCUT2D eigenvalue weighted by Crippen LogP contribution is -2.21. The molecule has 4 heteroatoms. The summed E-state index contributed by atoms with van der Waals surface area (Å²) in [4.78, 5) is 8.26. The van der Waals surface area contributed by atoms with Crippen molar-refractivity contribution >= 4 is 17.2 Å². The highest BCUT2D eigenvalue weighted by Gasteiger charge is 2.04. The molecule has 0 atom stereocenters. The predicted molar refractivity (Wildman–Crippen MR) is 78.3 cm³/mol. The van der Waals surface area contributed by atoms with Crippen LogP contribution in [0.3, 0.4) is 0 Å². The van der Waals surface area contributed by atoms with Crippen LogP contribution in [0.15, 0.2) is 35.7 Å². The SMILES string of the molecule is CNCc1cccc(N(C)CCc2cccs2)n1. The van der Waals surface area contributed by atoms with E-state index >= 15 is 0 Å². The van der Waals surface area contributed by atoms with Crippen LogP contribution < -0.4 is 10.2 Å². The Morgan fingerprint density at radius 1 is 1.28 bits per heavy atom. The quantitative estimate of drug-likeness (QED) is 0.866. The summed E-state index contributed by atoms with van der Waals surface area (Å²) in [6.07, 6.45) is 1.08. The normalized spacial score (nSPS) is 10.6. The maximum absolute atomic E-state index is 4.63. The van der Waals surface area contributed by atoms with Crippen molar-refractivity contribution in [2.45, 2.75) is 13.0 Å². The Labute approximate surface area is 112 Å². The van der Waals surface area contributed by atoms with Gasteiger partial charge in [0.15, 0.2) is 0 Å². The van der Waals surface area contributed by atoms with Gasteiger partial charge in [0.2, 0.25) is 0 Å². The Balaban J connectivity index is 1.95. The van der Waals surface area contributed by atoms with Gasteiger partial charge in [-0.05, 0) is 37.0 Å². The molecule has 0 saturated heterocycles. The Hall–Kier alpha value is -1.39. The first-order valence-electron chi connectivity index (χ1n) is 6.13. The molecular formula is C14H19N3S. The van der Waals surface area contributed by atoms with Crippen molar-refractivity contribution in [3.8, 4) is 0 Å². The molecule has 0 saturated carbocycles. The lowest BCUT2D eigenvalue weighted by molar-refractivity contribution is 0.782. The first-order valence-corrected chi connectivity index (χ1v) is 7.01. The van der Waals surface area contributed by atoms with Gasteiger partial charge in [-0.15, -0.1) is 11.3 Å². The van der Waals surface area contributed by atoms with Gasteiger partial charge in [0.1, 0.15) is 5.82 Å². The number of likely N-dealkylation sites (N-methyl/N-ethyl adjacent to an activating group) is 1. The smallest absolute Gasteiger partial charge is 0.128 e. The van der Waals surface area contributed by atoms with Crippen LogP contribution in [0.25, 0.3) is 0 Å². The second kappa shape index (κ2) is 6.52. The molecule has 0 aliphatic carbocycles. The average molecular weight is 261 g/mol. The summed E-state index contributed by atoms with van der Waals surface area (Å²) < 4.78 is 0. The first kappa shape index (κ1) is 13.1. The summed E-state index contributed by atoms with van der Waals surface area (Å²) in [5, 5.41) is 5.25. The minimum Gasteiger partial charge on any atom is -0.359 e. The van der Waals surface area contributed by atoms with Crippen molar-refractivity contribution in [1.29, 1.82) is 0 Å². The zero-order valence-corrected chi connectivity index (χ0v) is 11.7. The largest absolute Gasteiger partial charge is 0.359 e. The lowest BCUT2D eigenvalue weighted by Gasteiger charge is -2.18. The van der Waals surface area contributed by atoms with Crippen LogP contribution in [0.2, 0.25) is 0 Å². The van der Waals surface area contributed by atoms with E-state index in [1.165, 1.54) is 4.88 Å². The highest BCUT2D eigenvalue weighted by Crippen LogP contribution is 2.13. The number of anilines is 1.